The largest absolute Gasteiger partial charge is 0.428 e. The van der Waals surface area contributed by atoms with Crippen molar-refractivity contribution in [3.8, 4) is 28.7 Å². The Morgan fingerprint density at radius 3 is 1.02 bits per heavy atom. The van der Waals surface area contributed by atoms with E-state index in [1.54, 1.807) is 6.92 Å². The van der Waals surface area contributed by atoms with Gasteiger partial charge in [-0.1, -0.05) is 67.5 Å². The first kappa shape index (κ1) is 83.8. The minimum absolute atomic E-state index is 0.00264. The van der Waals surface area contributed by atoms with Gasteiger partial charge >= 0.3 is 91.1 Å². The molecule has 2 aliphatic carbocycles. The Hall–Kier alpha value is -8.81. The molecular weight excluding hydrogens is 1470 g/mol. The van der Waals surface area contributed by atoms with Crippen molar-refractivity contribution in [2.75, 3.05) is 18.3 Å². The van der Waals surface area contributed by atoms with Crippen molar-refractivity contribution in [1.82, 2.24) is 0 Å². The van der Waals surface area contributed by atoms with Crippen LogP contribution in [0.4, 0.5) is 26.3 Å². The molecule has 2 unspecified atom stereocenters. The lowest BCUT2D eigenvalue weighted by molar-refractivity contribution is -0.143. The van der Waals surface area contributed by atoms with E-state index < -0.39 is 118 Å². The molecule has 5 aromatic heterocycles. The van der Waals surface area contributed by atoms with Gasteiger partial charge in [0.25, 0.3) is 0 Å². The molecule has 2 atom stereocenters. The van der Waals surface area contributed by atoms with Gasteiger partial charge in [-0.3, -0.25) is 4.79 Å². The maximum Gasteiger partial charge on any atom is 0.416 e. The summed E-state index contributed by atoms with van der Waals surface area (Å²) in [6.07, 6.45) is -6.78. The summed E-state index contributed by atoms with van der Waals surface area (Å²) in [5.74, 6) is 0.433. The third-order valence-corrected chi connectivity index (χ3v) is 20.1. The lowest BCUT2D eigenvalue weighted by Gasteiger charge is -2.35. The second-order valence-corrected chi connectivity index (χ2v) is 32.7. The predicted octanol–water partition coefficient (Wildman–Crippen LogP) is 11.5. The molecule has 102 heavy (non-hydrogen) atoms. The number of alkyl halides is 6. The third-order valence-electron chi connectivity index (χ3n) is 15.2. The van der Waals surface area contributed by atoms with E-state index in [0.717, 1.165) is 66.0 Å². The molecule has 2 saturated carbocycles. The van der Waals surface area contributed by atoms with Crippen molar-refractivity contribution in [3.63, 3.8) is 0 Å². The van der Waals surface area contributed by atoms with Crippen LogP contribution >= 0.6 is 0 Å². The quantitative estimate of drug-likeness (QED) is 0.0603. The van der Waals surface area contributed by atoms with Crippen LogP contribution in [0, 0.1) is 51.4 Å². The van der Waals surface area contributed by atoms with Gasteiger partial charge in [-0.05, 0) is 111 Å². The summed E-state index contributed by atoms with van der Waals surface area (Å²) >= 11 is 0. The summed E-state index contributed by atoms with van der Waals surface area (Å²) < 4.78 is 242. The van der Waals surface area contributed by atoms with Gasteiger partial charge < -0.3 is 43.0 Å². The molecule has 0 saturated heterocycles. The fourth-order valence-electron chi connectivity index (χ4n) is 10.6. The molecule has 0 N–H and O–H groups in total. The average molecular weight is 1540 g/mol. The topological polar surface area (TPSA) is 385 Å². The first-order valence-corrected chi connectivity index (χ1v) is 38.1. The number of fused-ring (bicyclic) bond motifs is 2. The molecule has 2 aliphatic rings. The summed E-state index contributed by atoms with van der Waals surface area (Å²) in [6, 6.07) is 14.5. The molecule has 2 bridgehead atoms. The van der Waals surface area contributed by atoms with Crippen molar-refractivity contribution in [1.29, 1.82) is 0 Å². The van der Waals surface area contributed by atoms with E-state index in [0.29, 0.717) is 30.4 Å². The van der Waals surface area contributed by atoms with E-state index in [1.165, 1.54) is 52.0 Å². The zero-order valence-corrected chi connectivity index (χ0v) is 61.3. The molecular formula is C65H72F6O26S5. The normalized spacial score (nSPS) is 15.9. The minimum atomic E-state index is -5.23. The fraction of sp³-hybridized carbons (Fsp3) is 0.415. The van der Waals surface area contributed by atoms with E-state index >= 15 is 0 Å². The van der Waals surface area contributed by atoms with E-state index in [9.17, 15) is 97.2 Å². The van der Waals surface area contributed by atoms with Gasteiger partial charge in [0, 0.05) is 36.8 Å². The van der Waals surface area contributed by atoms with Crippen molar-refractivity contribution >= 4 is 56.4 Å². The van der Waals surface area contributed by atoms with E-state index in [-0.39, 0.29) is 104 Å². The minimum Gasteiger partial charge on any atom is -0.428 e. The zero-order valence-electron chi connectivity index (χ0n) is 57.2. The van der Waals surface area contributed by atoms with Crippen LogP contribution in [-0.4, -0.2) is 66.1 Å². The van der Waals surface area contributed by atoms with Crippen LogP contribution in [0.15, 0.2) is 147 Å². The summed E-state index contributed by atoms with van der Waals surface area (Å²) in [5.41, 5.74) is -5.96. The maximum atomic E-state index is 13.2. The molecule has 0 spiro atoms. The van der Waals surface area contributed by atoms with Crippen LogP contribution in [0.3, 0.4) is 0 Å². The molecule has 7 aromatic rings. The molecule has 26 nitrogen and oxygen atoms in total. The van der Waals surface area contributed by atoms with Gasteiger partial charge in [0.1, 0.15) is 44.4 Å². The Bertz CT molecular complexity index is 5030. The van der Waals surface area contributed by atoms with Gasteiger partial charge in [-0.15, -0.1) is 0 Å². The monoisotopic (exact) mass is 1540 g/mol. The second kappa shape index (κ2) is 31.8. The Balaban J connectivity index is 0.000000236. The van der Waals surface area contributed by atoms with Gasteiger partial charge in [-0.25, -0.2) is 24.0 Å². The van der Waals surface area contributed by atoms with E-state index in [2.05, 4.69) is 39.6 Å². The highest BCUT2D eigenvalue weighted by Crippen LogP contribution is 2.64. The smallest absolute Gasteiger partial charge is 0.416 e. The zero-order chi connectivity index (χ0) is 77.6. The second-order valence-electron chi connectivity index (χ2n) is 25.0. The van der Waals surface area contributed by atoms with Crippen molar-refractivity contribution in [3.05, 3.63) is 200 Å². The van der Waals surface area contributed by atoms with Crippen LogP contribution in [0.1, 0.15) is 149 Å². The summed E-state index contributed by atoms with van der Waals surface area (Å²) in [4.78, 5) is 66.8. The number of Topliss-reactive ketones (excluding diaryl/α,β-unsaturated/α-hetero) is 1. The maximum absolute atomic E-state index is 13.2. The number of aryl methyl sites for hydroxylation is 5. The number of rotatable bonds is 17. The highest BCUT2D eigenvalue weighted by atomic mass is 32.2. The molecule has 2 aromatic carbocycles. The SMILES string of the molecule is Cc1cc(OS(=O)(=O)CC23CCC(CC2=O)C3(C)C)cc(=O)o1.Cc1cc(OS(=O)(=O)c2c(C(C)C)cc(C(C)C)cc2C(C)C)cc(=O)o1.Cc1cc(OS(=O)(=O)c2cc(C(F)(F)F)cc(C(F)(F)F)c2)cc(=O)o1.Cc1cc(OS(C)(=O)=O)cc(=O)o1.Cc1cc(OS(C)(=O)=O)cc(=O)o1. The van der Waals surface area contributed by atoms with Gasteiger partial charge in [0.15, 0.2) is 28.7 Å². The average Bonchev–Trinajstić information content (AvgIpc) is 1.54. The summed E-state index contributed by atoms with van der Waals surface area (Å²) in [6.45, 7) is 23.4. The molecule has 0 aliphatic heterocycles. The first-order valence-electron chi connectivity index (χ1n) is 30.1. The van der Waals surface area contributed by atoms with Crippen LogP contribution in [0.5, 0.6) is 28.7 Å². The van der Waals surface area contributed by atoms with E-state index in [1.807, 2.05) is 53.7 Å². The molecule has 560 valence electrons. The molecule has 5 heterocycles. The Kier molecular flexibility index (Phi) is 26.2. The number of benzene rings is 2. The number of carbonyl (C=O) groups is 1. The van der Waals surface area contributed by atoms with Gasteiger partial charge in [0.05, 0.1) is 65.1 Å². The number of halogens is 6. The number of hydrogen-bond acceptors (Lipinski definition) is 26. The van der Waals surface area contributed by atoms with Crippen LogP contribution in [-0.2, 0) is 67.7 Å². The van der Waals surface area contributed by atoms with Crippen LogP contribution in [0.2, 0.25) is 0 Å². The summed E-state index contributed by atoms with van der Waals surface area (Å²) in [5, 5.41) is 0. The predicted molar refractivity (Wildman–Crippen MR) is 353 cm³/mol. The fourth-order valence-corrected chi connectivity index (χ4v) is 15.9. The van der Waals surface area contributed by atoms with Gasteiger partial charge in [0.2, 0.25) is 0 Å². The Morgan fingerprint density at radius 1 is 0.441 bits per heavy atom. The van der Waals surface area contributed by atoms with Crippen molar-refractivity contribution in [2.45, 2.75) is 149 Å². The third kappa shape index (κ3) is 23.6. The molecule has 0 radical (unpaired) electrons. The molecule has 9 rings (SSSR count). The highest BCUT2D eigenvalue weighted by molar-refractivity contribution is 7.88. The Morgan fingerprint density at radius 2 is 0.755 bits per heavy atom. The number of carbonyl (C=O) groups excluding carboxylic acids is 1. The van der Waals surface area contributed by atoms with E-state index in [4.69, 9.17) is 17.2 Å². The van der Waals surface area contributed by atoms with Crippen LogP contribution < -0.4 is 49.0 Å². The molecule has 0 amide bonds. The standard InChI is InChI=1S/C21H28O5S.C16H20O6S.C14H8F6O5S.2C7H8O5S/c1-12(2)16-9-18(13(3)4)21(19(10-16)14(5)6)27(23,24)26-17-8-15(7)25-20(22)11-17;1-10-6-12(8-14(18)21-10)22-23(19,20)9-16-5-4-11(7-13(16)17)15(16,2)3;1-7-2-10(6-12(21)24-7)25-26(22,23)11-4-8(13(15,16)17)3-9(5-11)14(18,19)20;2*1-5-3-6(4-7(8)11-5)12-13(2,9)10/h8-14H,1-7H3;6,8,11H,4-5,7,9H2,1-3H3;2-6H,1H3;2*3-4H,1-2H3. The van der Waals surface area contributed by atoms with Gasteiger partial charge in [-0.2, -0.15) is 68.4 Å². The lowest BCUT2D eigenvalue weighted by Crippen LogP contribution is -2.43. The molecule has 37 heteroatoms. The number of ketones is 1. The van der Waals surface area contributed by atoms with Crippen molar-refractivity contribution in [2.24, 2.45) is 16.7 Å². The highest BCUT2D eigenvalue weighted by Gasteiger charge is 2.65. The van der Waals surface area contributed by atoms with Crippen LogP contribution in [0.25, 0.3) is 0 Å². The first-order chi connectivity index (χ1) is 46.4. The summed E-state index contributed by atoms with van der Waals surface area (Å²) in [7, 11) is -20.4. The van der Waals surface area contributed by atoms with Crippen molar-refractivity contribution < 1.29 is 116 Å². The molecule has 2 fully saturated rings. The number of hydrogen-bond donors (Lipinski definition) is 0. The lowest BCUT2D eigenvalue weighted by atomic mass is 9.70. The Labute approximate surface area is 582 Å².